The van der Waals surface area contributed by atoms with Gasteiger partial charge in [0.2, 0.25) is 5.91 Å². The smallest absolute Gasteiger partial charge is 0.248 e. The Balaban J connectivity index is 1.32. The lowest BCUT2D eigenvalue weighted by Crippen LogP contribution is -2.43. The van der Waals surface area contributed by atoms with Crippen LogP contribution in [0.25, 0.3) is 0 Å². The van der Waals surface area contributed by atoms with Crippen molar-refractivity contribution in [3.63, 3.8) is 0 Å². The molecule has 33 heavy (non-hydrogen) atoms. The number of piperidine rings is 1. The fraction of sp³-hybridized carbons (Fsp3) is 0.741. The maximum absolute atomic E-state index is 12.3. The van der Waals surface area contributed by atoms with E-state index < -0.39 is 0 Å². The van der Waals surface area contributed by atoms with Crippen LogP contribution in [0.4, 0.5) is 0 Å². The summed E-state index contributed by atoms with van der Waals surface area (Å²) in [6.07, 6.45) is 11.2. The Morgan fingerprint density at radius 3 is 2.45 bits per heavy atom. The standard InChI is InChI=1S/C27H43BrN2O3/c1-4-30(27(31)20-32-2)24-9-7-21(8-10-24)6-5-15-29-16-13-22(14-17-29)18-23-19-25(33-3)11-12-26(23)28/h11-12,19,21-22,24H,4-10,13-18,20H2,1-3H3/t21-,24-. The van der Waals surface area contributed by atoms with E-state index in [1.165, 1.54) is 68.2 Å². The number of rotatable bonds is 11. The van der Waals surface area contributed by atoms with Crippen LogP contribution in [0.3, 0.4) is 0 Å². The molecule has 1 aromatic rings. The van der Waals surface area contributed by atoms with Gasteiger partial charge in [-0.05, 0) is 120 Å². The van der Waals surface area contributed by atoms with Gasteiger partial charge in [0, 0.05) is 24.2 Å². The average molecular weight is 524 g/mol. The van der Waals surface area contributed by atoms with Gasteiger partial charge in [0.1, 0.15) is 12.4 Å². The van der Waals surface area contributed by atoms with Gasteiger partial charge >= 0.3 is 0 Å². The summed E-state index contributed by atoms with van der Waals surface area (Å²) in [5.74, 6) is 2.69. The highest BCUT2D eigenvalue weighted by Crippen LogP contribution is 2.32. The van der Waals surface area contributed by atoms with Crippen molar-refractivity contribution in [1.82, 2.24) is 9.80 Å². The molecule has 0 radical (unpaired) electrons. The number of carbonyl (C=O) groups excluding carboxylic acids is 1. The molecule has 1 aromatic carbocycles. The van der Waals surface area contributed by atoms with Crippen molar-refractivity contribution in [2.24, 2.45) is 11.8 Å². The molecule has 3 rings (SSSR count). The van der Waals surface area contributed by atoms with Crippen molar-refractivity contribution >= 4 is 21.8 Å². The van der Waals surface area contributed by atoms with Gasteiger partial charge in [0.05, 0.1) is 7.11 Å². The SMILES string of the molecule is CCN(C(=O)COC)[C@H]1CC[C@H](CCCN2CCC(Cc3cc(OC)ccc3Br)CC2)CC1. The van der Waals surface area contributed by atoms with Crippen LogP contribution in [0.2, 0.25) is 0 Å². The number of nitrogens with zero attached hydrogens (tertiary/aromatic N) is 2. The average Bonchev–Trinajstić information content (AvgIpc) is 2.83. The van der Waals surface area contributed by atoms with Crippen molar-refractivity contribution in [2.45, 2.75) is 70.8 Å². The van der Waals surface area contributed by atoms with Crippen molar-refractivity contribution in [2.75, 3.05) is 47.0 Å². The molecule has 0 N–H and O–H groups in total. The molecule has 186 valence electrons. The summed E-state index contributed by atoms with van der Waals surface area (Å²) in [4.78, 5) is 17.0. The van der Waals surface area contributed by atoms with E-state index in [1.54, 1.807) is 14.2 Å². The number of ether oxygens (including phenoxy) is 2. The molecule has 1 amide bonds. The second-order valence-corrected chi connectivity index (χ2v) is 10.7. The van der Waals surface area contributed by atoms with E-state index in [1.807, 2.05) is 11.0 Å². The first kappa shape index (κ1) is 26.5. The maximum Gasteiger partial charge on any atom is 0.248 e. The van der Waals surface area contributed by atoms with Crippen LogP contribution in [-0.2, 0) is 16.0 Å². The van der Waals surface area contributed by atoms with E-state index in [-0.39, 0.29) is 12.5 Å². The first-order valence-corrected chi connectivity index (χ1v) is 13.7. The van der Waals surface area contributed by atoms with Crippen LogP contribution in [0.15, 0.2) is 22.7 Å². The molecule has 0 unspecified atom stereocenters. The summed E-state index contributed by atoms with van der Waals surface area (Å²) in [5.41, 5.74) is 1.37. The van der Waals surface area contributed by atoms with Crippen molar-refractivity contribution < 1.29 is 14.3 Å². The molecule has 1 aliphatic carbocycles. The van der Waals surface area contributed by atoms with Gasteiger partial charge in [-0.25, -0.2) is 0 Å². The summed E-state index contributed by atoms with van der Waals surface area (Å²) in [6, 6.07) is 6.72. The van der Waals surface area contributed by atoms with Crippen LogP contribution in [-0.4, -0.2) is 68.8 Å². The predicted molar refractivity (Wildman–Crippen MR) is 138 cm³/mol. The van der Waals surface area contributed by atoms with E-state index in [0.717, 1.165) is 43.4 Å². The fourth-order valence-electron chi connectivity index (χ4n) is 5.75. The molecule has 5 nitrogen and oxygen atoms in total. The quantitative estimate of drug-likeness (QED) is 0.382. The topological polar surface area (TPSA) is 42.0 Å². The van der Waals surface area contributed by atoms with Gasteiger partial charge in [-0.2, -0.15) is 0 Å². The van der Waals surface area contributed by atoms with Gasteiger partial charge < -0.3 is 19.3 Å². The van der Waals surface area contributed by atoms with E-state index in [9.17, 15) is 4.79 Å². The van der Waals surface area contributed by atoms with Gasteiger partial charge in [0.25, 0.3) is 0 Å². The minimum Gasteiger partial charge on any atom is -0.497 e. The zero-order valence-corrected chi connectivity index (χ0v) is 22.4. The highest BCUT2D eigenvalue weighted by Gasteiger charge is 2.28. The second-order valence-electron chi connectivity index (χ2n) is 9.88. The highest BCUT2D eigenvalue weighted by atomic mass is 79.9. The number of likely N-dealkylation sites (N-methyl/N-ethyl adjacent to an activating group) is 1. The molecule has 1 heterocycles. The fourth-order valence-corrected chi connectivity index (χ4v) is 6.16. The molecule has 2 aliphatic rings. The second kappa shape index (κ2) is 13.7. The lowest BCUT2D eigenvalue weighted by atomic mass is 9.82. The molecule has 0 atom stereocenters. The minimum absolute atomic E-state index is 0.144. The van der Waals surface area contributed by atoms with Gasteiger partial charge in [0.15, 0.2) is 0 Å². The monoisotopic (exact) mass is 522 g/mol. The summed E-state index contributed by atoms with van der Waals surface area (Å²) < 4.78 is 11.7. The molecular formula is C27H43BrN2O3. The van der Waals surface area contributed by atoms with Crippen LogP contribution in [0.1, 0.15) is 63.9 Å². The number of methoxy groups -OCH3 is 2. The Hall–Kier alpha value is -1.11. The number of halogens is 1. The van der Waals surface area contributed by atoms with Crippen LogP contribution >= 0.6 is 15.9 Å². The van der Waals surface area contributed by atoms with E-state index in [4.69, 9.17) is 9.47 Å². The molecule has 0 bridgehead atoms. The third kappa shape index (κ3) is 7.97. The first-order valence-electron chi connectivity index (χ1n) is 12.9. The zero-order chi connectivity index (χ0) is 23.6. The molecule has 0 aromatic heterocycles. The van der Waals surface area contributed by atoms with Gasteiger partial charge in [-0.15, -0.1) is 0 Å². The van der Waals surface area contributed by atoms with E-state index in [0.29, 0.717) is 6.04 Å². The lowest BCUT2D eigenvalue weighted by Gasteiger charge is -2.37. The summed E-state index contributed by atoms with van der Waals surface area (Å²) in [6.45, 7) is 6.78. The Bertz CT molecular complexity index is 728. The zero-order valence-electron chi connectivity index (χ0n) is 20.9. The lowest BCUT2D eigenvalue weighted by molar-refractivity contribution is -0.138. The van der Waals surface area contributed by atoms with Crippen molar-refractivity contribution in [1.29, 1.82) is 0 Å². The number of hydrogen-bond donors (Lipinski definition) is 0. The Labute approximate surface area is 209 Å². The third-order valence-electron chi connectivity index (χ3n) is 7.74. The van der Waals surface area contributed by atoms with E-state index in [2.05, 4.69) is 39.9 Å². The molecule has 1 saturated carbocycles. The molecule has 1 aliphatic heterocycles. The number of amides is 1. The number of benzene rings is 1. The Morgan fingerprint density at radius 2 is 1.82 bits per heavy atom. The maximum atomic E-state index is 12.3. The largest absolute Gasteiger partial charge is 0.497 e. The number of carbonyl (C=O) groups is 1. The molecule has 0 spiro atoms. The van der Waals surface area contributed by atoms with Crippen LogP contribution < -0.4 is 4.74 Å². The summed E-state index contributed by atoms with van der Waals surface area (Å²) >= 11 is 3.71. The van der Waals surface area contributed by atoms with Crippen LogP contribution in [0.5, 0.6) is 5.75 Å². The Kier molecular flexibility index (Phi) is 11.0. The summed E-state index contributed by atoms with van der Waals surface area (Å²) in [5, 5.41) is 0. The molecule has 2 fully saturated rings. The van der Waals surface area contributed by atoms with E-state index >= 15 is 0 Å². The van der Waals surface area contributed by atoms with Gasteiger partial charge in [-0.1, -0.05) is 15.9 Å². The van der Waals surface area contributed by atoms with Gasteiger partial charge in [-0.3, -0.25) is 4.79 Å². The number of hydrogen-bond acceptors (Lipinski definition) is 4. The molecule has 6 heteroatoms. The minimum atomic E-state index is 0.144. The Morgan fingerprint density at radius 1 is 1.09 bits per heavy atom. The number of likely N-dealkylation sites (tertiary alicyclic amines) is 1. The van der Waals surface area contributed by atoms with Crippen LogP contribution in [0, 0.1) is 11.8 Å². The normalized spacial score (nSPS) is 22.3. The highest BCUT2D eigenvalue weighted by molar-refractivity contribution is 9.10. The third-order valence-corrected chi connectivity index (χ3v) is 8.51. The van der Waals surface area contributed by atoms with Crippen molar-refractivity contribution in [3.05, 3.63) is 28.2 Å². The summed E-state index contributed by atoms with van der Waals surface area (Å²) in [7, 11) is 3.34. The van der Waals surface area contributed by atoms with Crippen molar-refractivity contribution in [3.8, 4) is 5.75 Å². The first-order chi connectivity index (χ1) is 16.0. The predicted octanol–water partition coefficient (Wildman–Crippen LogP) is 5.55. The molecular weight excluding hydrogens is 480 g/mol. The molecule has 1 saturated heterocycles.